The Labute approximate surface area is 123 Å². The van der Waals surface area contributed by atoms with Crippen LogP contribution in [0.25, 0.3) is 0 Å². The number of carbonyl (C=O) groups is 1. The van der Waals surface area contributed by atoms with Gasteiger partial charge in [-0.3, -0.25) is 4.79 Å². The molecule has 1 heteroatoms. The molecule has 0 bridgehead atoms. The van der Waals surface area contributed by atoms with Crippen molar-refractivity contribution in [2.75, 3.05) is 0 Å². The highest BCUT2D eigenvalue weighted by molar-refractivity contribution is 5.81. The lowest BCUT2D eigenvalue weighted by Crippen LogP contribution is -2.32. The summed E-state index contributed by atoms with van der Waals surface area (Å²) in [6.07, 6.45) is 6.31. The molecule has 110 valence electrons. The SMILES string of the molecule is CC(C)(C)C1CCC(=O)C(CCCc2ccccc2)C1. The van der Waals surface area contributed by atoms with Gasteiger partial charge in [0.05, 0.1) is 0 Å². The van der Waals surface area contributed by atoms with Gasteiger partial charge in [0.2, 0.25) is 0 Å². The first kappa shape index (κ1) is 15.3. The lowest BCUT2D eigenvalue weighted by molar-refractivity contribution is -0.126. The Balaban J connectivity index is 1.83. The van der Waals surface area contributed by atoms with Gasteiger partial charge in [-0.1, -0.05) is 51.1 Å². The molecule has 0 spiro atoms. The molecular weight excluding hydrogens is 244 g/mol. The van der Waals surface area contributed by atoms with Crippen LogP contribution in [0.15, 0.2) is 30.3 Å². The fourth-order valence-electron chi connectivity index (χ4n) is 3.38. The van der Waals surface area contributed by atoms with Crippen LogP contribution < -0.4 is 0 Å². The van der Waals surface area contributed by atoms with Gasteiger partial charge in [-0.25, -0.2) is 0 Å². The van der Waals surface area contributed by atoms with Crippen molar-refractivity contribution < 1.29 is 4.79 Å². The number of hydrogen-bond acceptors (Lipinski definition) is 1. The Morgan fingerprint density at radius 2 is 1.85 bits per heavy atom. The van der Waals surface area contributed by atoms with Crippen LogP contribution in [0, 0.1) is 17.3 Å². The highest BCUT2D eigenvalue weighted by atomic mass is 16.1. The minimum Gasteiger partial charge on any atom is -0.299 e. The predicted octanol–water partition coefficient (Wildman–Crippen LogP) is 5.04. The van der Waals surface area contributed by atoms with E-state index >= 15 is 0 Å². The quantitative estimate of drug-likeness (QED) is 0.750. The van der Waals surface area contributed by atoms with Gasteiger partial charge < -0.3 is 0 Å². The minimum absolute atomic E-state index is 0.316. The zero-order chi connectivity index (χ0) is 14.6. The average molecular weight is 272 g/mol. The van der Waals surface area contributed by atoms with Crippen molar-refractivity contribution >= 4 is 5.78 Å². The summed E-state index contributed by atoms with van der Waals surface area (Å²) in [4.78, 5) is 12.1. The van der Waals surface area contributed by atoms with Gasteiger partial charge in [0.15, 0.2) is 0 Å². The lowest BCUT2D eigenvalue weighted by Gasteiger charge is -2.37. The summed E-state index contributed by atoms with van der Waals surface area (Å²) in [5.41, 5.74) is 1.74. The molecule has 0 amide bonds. The minimum atomic E-state index is 0.316. The van der Waals surface area contributed by atoms with Gasteiger partial charge >= 0.3 is 0 Å². The molecule has 1 nitrogen and oxygen atoms in total. The molecule has 0 saturated heterocycles. The molecule has 20 heavy (non-hydrogen) atoms. The summed E-state index contributed by atoms with van der Waals surface area (Å²) >= 11 is 0. The van der Waals surface area contributed by atoms with E-state index in [4.69, 9.17) is 0 Å². The van der Waals surface area contributed by atoms with Gasteiger partial charge in [0.1, 0.15) is 5.78 Å². The number of ketones is 1. The molecular formula is C19H28O. The molecule has 1 aliphatic carbocycles. The van der Waals surface area contributed by atoms with Crippen molar-refractivity contribution in [1.29, 1.82) is 0 Å². The molecule has 1 aliphatic rings. The summed E-state index contributed by atoms with van der Waals surface area (Å²) in [5, 5.41) is 0. The second kappa shape index (κ2) is 6.56. The number of hydrogen-bond donors (Lipinski definition) is 0. The Hall–Kier alpha value is -1.11. The fourth-order valence-corrected chi connectivity index (χ4v) is 3.38. The van der Waals surface area contributed by atoms with Crippen LogP contribution in [0.2, 0.25) is 0 Å². The van der Waals surface area contributed by atoms with Crippen molar-refractivity contribution in [2.24, 2.45) is 17.3 Å². The summed E-state index contributed by atoms with van der Waals surface area (Å²) < 4.78 is 0. The van der Waals surface area contributed by atoms with Crippen LogP contribution in [-0.4, -0.2) is 5.78 Å². The molecule has 0 N–H and O–H groups in total. The first-order chi connectivity index (χ1) is 9.47. The summed E-state index contributed by atoms with van der Waals surface area (Å²) in [6, 6.07) is 10.6. The van der Waals surface area contributed by atoms with Crippen LogP contribution >= 0.6 is 0 Å². The number of rotatable bonds is 4. The largest absolute Gasteiger partial charge is 0.299 e. The Morgan fingerprint density at radius 1 is 1.15 bits per heavy atom. The number of carbonyl (C=O) groups excluding carboxylic acids is 1. The lowest BCUT2D eigenvalue weighted by atomic mass is 9.68. The van der Waals surface area contributed by atoms with Crippen LogP contribution in [0.5, 0.6) is 0 Å². The van der Waals surface area contributed by atoms with Crippen LogP contribution in [0.3, 0.4) is 0 Å². The second-order valence-electron chi connectivity index (χ2n) is 7.38. The first-order valence-electron chi connectivity index (χ1n) is 8.03. The van der Waals surface area contributed by atoms with E-state index in [2.05, 4.69) is 51.1 Å². The van der Waals surface area contributed by atoms with Crippen molar-refractivity contribution in [1.82, 2.24) is 0 Å². The number of benzene rings is 1. The summed E-state index contributed by atoms with van der Waals surface area (Å²) in [6.45, 7) is 6.94. The maximum absolute atomic E-state index is 12.1. The molecule has 1 fully saturated rings. The molecule has 1 aromatic carbocycles. The highest BCUT2D eigenvalue weighted by Crippen LogP contribution is 2.40. The molecule has 0 heterocycles. The van der Waals surface area contributed by atoms with E-state index < -0.39 is 0 Å². The molecule has 1 aromatic rings. The van der Waals surface area contributed by atoms with E-state index in [-0.39, 0.29) is 0 Å². The van der Waals surface area contributed by atoms with Crippen molar-refractivity contribution in [3.8, 4) is 0 Å². The third-order valence-electron chi connectivity index (χ3n) is 4.85. The van der Waals surface area contributed by atoms with Crippen LogP contribution in [0.4, 0.5) is 0 Å². The standard InChI is InChI=1S/C19H28O/c1-19(2,3)17-12-13-18(20)16(14-17)11-7-10-15-8-5-4-6-9-15/h4-6,8-9,16-17H,7,10-14H2,1-3H3. The van der Waals surface area contributed by atoms with Gasteiger partial charge in [-0.15, -0.1) is 0 Å². The fraction of sp³-hybridized carbons (Fsp3) is 0.632. The Kier molecular flexibility index (Phi) is 5.01. The second-order valence-corrected chi connectivity index (χ2v) is 7.38. The van der Waals surface area contributed by atoms with E-state index in [9.17, 15) is 4.79 Å². The average Bonchev–Trinajstić information content (AvgIpc) is 2.41. The Bertz CT molecular complexity index is 427. The first-order valence-corrected chi connectivity index (χ1v) is 8.03. The number of aryl methyl sites for hydroxylation is 1. The van der Waals surface area contributed by atoms with Gasteiger partial charge in [0.25, 0.3) is 0 Å². The van der Waals surface area contributed by atoms with Crippen LogP contribution in [-0.2, 0) is 11.2 Å². The van der Waals surface area contributed by atoms with Crippen molar-refractivity contribution in [3.05, 3.63) is 35.9 Å². The maximum atomic E-state index is 12.1. The molecule has 0 aliphatic heterocycles. The monoisotopic (exact) mass is 272 g/mol. The van der Waals surface area contributed by atoms with E-state index in [0.717, 1.165) is 38.5 Å². The Morgan fingerprint density at radius 3 is 2.50 bits per heavy atom. The van der Waals surface area contributed by atoms with E-state index in [1.807, 2.05) is 0 Å². The van der Waals surface area contributed by atoms with Crippen molar-refractivity contribution in [2.45, 2.75) is 59.3 Å². The van der Waals surface area contributed by atoms with E-state index in [0.29, 0.717) is 23.0 Å². The van der Waals surface area contributed by atoms with E-state index in [1.165, 1.54) is 5.56 Å². The third-order valence-corrected chi connectivity index (χ3v) is 4.85. The zero-order valence-corrected chi connectivity index (χ0v) is 13.2. The summed E-state index contributed by atoms with van der Waals surface area (Å²) in [5.74, 6) is 1.54. The van der Waals surface area contributed by atoms with Crippen molar-refractivity contribution in [3.63, 3.8) is 0 Å². The predicted molar refractivity (Wildman–Crippen MR) is 84.7 cm³/mol. The zero-order valence-electron chi connectivity index (χ0n) is 13.2. The van der Waals surface area contributed by atoms with Gasteiger partial charge in [0, 0.05) is 12.3 Å². The molecule has 0 aromatic heterocycles. The number of Topliss-reactive ketones (excluding diaryl/α,β-unsaturated/α-hetero) is 1. The summed E-state index contributed by atoms with van der Waals surface area (Å²) in [7, 11) is 0. The maximum Gasteiger partial charge on any atom is 0.135 e. The molecule has 2 rings (SSSR count). The highest BCUT2D eigenvalue weighted by Gasteiger charge is 2.34. The molecule has 1 saturated carbocycles. The normalized spacial score (nSPS) is 23.9. The molecule has 2 atom stereocenters. The molecule has 0 radical (unpaired) electrons. The van der Waals surface area contributed by atoms with Crippen LogP contribution in [0.1, 0.15) is 58.4 Å². The van der Waals surface area contributed by atoms with E-state index in [1.54, 1.807) is 0 Å². The van der Waals surface area contributed by atoms with Gasteiger partial charge in [-0.2, -0.15) is 0 Å². The van der Waals surface area contributed by atoms with Gasteiger partial charge in [-0.05, 0) is 49.0 Å². The smallest absolute Gasteiger partial charge is 0.135 e. The molecule has 2 unspecified atom stereocenters. The third kappa shape index (κ3) is 4.19. The topological polar surface area (TPSA) is 17.1 Å².